The van der Waals surface area contributed by atoms with E-state index in [1.165, 1.54) is 0 Å². The van der Waals surface area contributed by atoms with E-state index in [-0.39, 0.29) is 0 Å². The van der Waals surface area contributed by atoms with E-state index in [0.29, 0.717) is 5.82 Å². The maximum Gasteiger partial charge on any atom is 0.410 e. The van der Waals surface area contributed by atoms with Crippen molar-refractivity contribution >= 4 is 11.9 Å². The molecule has 0 bridgehead atoms. The second-order valence-electron chi connectivity index (χ2n) is 2.21. The molecule has 5 nitrogen and oxygen atoms in total. The van der Waals surface area contributed by atoms with Gasteiger partial charge in [-0.3, -0.25) is 5.32 Å². The van der Waals surface area contributed by atoms with Crippen molar-refractivity contribution in [3.63, 3.8) is 0 Å². The molecule has 1 heterocycles. The second-order valence-corrected chi connectivity index (χ2v) is 2.21. The zero-order valence-corrected chi connectivity index (χ0v) is 6.33. The van der Waals surface area contributed by atoms with Crippen molar-refractivity contribution < 1.29 is 9.90 Å². The zero-order valence-electron chi connectivity index (χ0n) is 6.33. The van der Waals surface area contributed by atoms with Crippen LogP contribution in [0.4, 0.5) is 10.6 Å². The number of carbonyl (C=O) groups is 1. The number of nitrogens with one attached hydrogen (secondary N) is 1. The van der Waals surface area contributed by atoms with E-state index < -0.39 is 6.09 Å². The van der Waals surface area contributed by atoms with Gasteiger partial charge in [0.15, 0.2) is 5.82 Å². The Morgan fingerprint density at radius 2 is 2.45 bits per heavy atom. The number of rotatable bonds is 1. The summed E-state index contributed by atoms with van der Waals surface area (Å²) in [6.07, 6.45) is 0.520. The summed E-state index contributed by atoms with van der Waals surface area (Å²) in [6, 6.07) is 0. The van der Waals surface area contributed by atoms with Crippen LogP contribution in [-0.2, 0) is 7.05 Å². The molecular weight excluding hydrogens is 146 g/mol. The third kappa shape index (κ3) is 1.70. The Hall–Kier alpha value is -1.52. The number of imidazole rings is 1. The molecule has 0 atom stereocenters. The highest BCUT2D eigenvalue weighted by molar-refractivity contribution is 5.81. The normalized spacial score (nSPS) is 9.64. The first-order chi connectivity index (χ1) is 5.09. The molecule has 11 heavy (non-hydrogen) atoms. The average Bonchev–Trinajstić information content (AvgIpc) is 2.10. The quantitative estimate of drug-likeness (QED) is 0.630. The topological polar surface area (TPSA) is 67.2 Å². The maximum absolute atomic E-state index is 10.1. The molecule has 0 saturated heterocycles. The van der Waals surface area contributed by atoms with Gasteiger partial charge in [-0.05, 0) is 6.92 Å². The van der Waals surface area contributed by atoms with Crippen LogP contribution in [-0.4, -0.2) is 20.8 Å². The maximum atomic E-state index is 10.1. The van der Waals surface area contributed by atoms with Crippen molar-refractivity contribution in [3.8, 4) is 0 Å². The lowest BCUT2D eigenvalue weighted by Crippen LogP contribution is -2.07. The first kappa shape index (κ1) is 7.59. The summed E-state index contributed by atoms with van der Waals surface area (Å²) in [6.45, 7) is 1.80. The molecule has 2 N–H and O–H groups in total. The average molecular weight is 155 g/mol. The lowest BCUT2D eigenvalue weighted by molar-refractivity contribution is 0.209. The van der Waals surface area contributed by atoms with Gasteiger partial charge in [0.2, 0.25) is 0 Å². The Morgan fingerprint density at radius 1 is 1.82 bits per heavy atom. The highest BCUT2D eigenvalue weighted by atomic mass is 16.4. The molecule has 0 radical (unpaired) electrons. The van der Waals surface area contributed by atoms with Crippen LogP contribution >= 0.6 is 0 Å². The molecular formula is C6H9N3O2. The molecule has 0 saturated carbocycles. The fraction of sp³-hybridized carbons (Fsp3) is 0.333. The van der Waals surface area contributed by atoms with Crippen molar-refractivity contribution in [2.45, 2.75) is 6.92 Å². The Balaban J connectivity index is 2.81. The van der Waals surface area contributed by atoms with Gasteiger partial charge in [0.1, 0.15) is 5.82 Å². The summed E-state index contributed by atoms with van der Waals surface area (Å²) in [5.74, 6) is 1.13. The fourth-order valence-electron chi connectivity index (χ4n) is 0.729. The van der Waals surface area contributed by atoms with Crippen LogP contribution in [0.1, 0.15) is 5.82 Å². The summed E-state index contributed by atoms with van der Waals surface area (Å²) >= 11 is 0. The van der Waals surface area contributed by atoms with Gasteiger partial charge in [0.25, 0.3) is 0 Å². The van der Waals surface area contributed by atoms with Gasteiger partial charge < -0.3 is 9.67 Å². The minimum absolute atomic E-state index is 0.359. The minimum Gasteiger partial charge on any atom is -0.465 e. The summed E-state index contributed by atoms with van der Waals surface area (Å²) in [5, 5.41) is 10.5. The van der Waals surface area contributed by atoms with Crippen molar-refractivity contribution in [1.29, 1.82) is 0 Å². The molecule has 0 unspecified atom stereocenters. The lowest BCUT2D eigenvalue weighted by atomic mass is 10.7. The molecule has 0 aliphatic heterocycles. The van der Waals surface area contributed by atoms with Crippen LogP contribution in [0.5, 0.6) is 0 Å². The van der Waals surface area contributed by atoms with E-state index in [9.17, 15) is 4.79 Å². The number of hydrogen-bond acceptors (Lipinski definition) is 2. The van der Waals surface area contributed by atoms with Crippen LogP contribution in [0.3, 0.4) is 0 Å². The number of aryl methyl sites for hydroxylation is 2. The molecule has 0 aliphatic carbocycles. The molecule has 1 rings (SSSR count). The minimum atomic E-state index is -1.09. The number of anilines is 1. The van der Waals surface area contributed by atoms with Gasteiger partial charge in [0.05, 0.1) is 0 Å². The van der Waals surface area contributed by atoms with Crippen LogP contribution in [0.2, 0.25) is 0 Å². The summed E-state index contributed by atoms with van der Waals surface area (Å²) < 4.78 is 1.74. The third-order valence-electron chi connectivity index (χ3n) is 1.34. The van der Waals surface area contributed by atoms with Gasteiger partial charge >= 0.3 is 6.09 Å². The van der Waals surface area contributed by atoms with E-state index in [0.717, 1.165) is 5.82 Å². The standard InChI is InChI=1S/C6H9N3O2/c1-4-7-5(3-9(4)2)8-6(10)11/h3,8H,1-2H3,(H,10,11). The van der Waals surface area contributed by atoms with Crippen molar-refractivity contribution in [3.05, 3.63) is 12.0 Å². The van der Waals surface area contributed by atoms with Gasteiger partial charge in [-0.25, -0.2) is 9.78 Å². The van der Waals surface area contributed by atoms with Crippen LogP contribution < -0.4 is 5.32 Å². The monoisotopic (exact) mass is 155 g/mol. The Bertz CT molecular complexity index is 260. The van der Waals surface area contributed by atoms with E-state index in [2.05, 4.69) is 10.3 Å². The smallest absolute Gasteiger partial charge is 0.410 e. The van der Waals surface area contributed by atoms with E-state index in [4.69, 9.17) is 5.11 Å². The number of amides is 1. The lowest BCUT2D eigenvalue weighted by Gasteiger charge is -1.90. The van der Waals surface area contributed by atoms with Crippen molar-refractivity contribution in [2.75, 3.05) is 5.32 Å². The van der Waals surface area contributed by atoms with Gasteiger partial charge in [-0.1, -0.05) is 0 Å². The molecule has 60 valence electrons. The summed E-state index contributed by atoms with van der Waals surface area (Å²) in [5.41, 5.74) is 0. The molecule has 0 aromatic carbocycles. The molecule has 0 aliphatic rings. The van der Waals surface area contributed by atoms with E-state index in [1.807, 2.05) is 0 Å². The molecule has 1 amide bonds. The highest BCUT2D eigenvalue weighted by Gasteiger charge is 2.02. The largest absolute Gasteiger partial charge is 0.465 e. The molecule has 1 aromatic rings. The van der Waals surface area contributed by atoms with Crippen LogP contribution in [0.15, 0.2) is 6.20 Å². The Kier molecular flexibility index (Phi) is 1.80. The first-order valence-electron chi connectivity index (χ1n) is 3.09. The zero-order chi connectivity index (χ0) is 8.43. The summed E-state index contributed by atoms with van der Waals surface area (Å²) in [7, 11) is 1.80. The van der Waals surface area contributed by atoms with E-state index in [1.54, 1.807) is 24.7 Å². The van der Waals surface area contributed by atoms with Gasteiger partial charge in [0, 0.05) is 13.2 Å². The number of aromatic nitrogens is 2. The summed E-state index contributed by atoms with van der Waals surface area (Å²) in [4.78, 5) is 14.1. The van der Waals surface area contributed by atoms with Gasteiger partial charge in [-0.2, -0.15) is 0 Å². The van der Waals surface area contributed by atoms with Crippen LogP contribution in [0, 0.1) is 6.92 Å². The highest BCUT2D eigenvalue weighted by Crippen LogP contribution is 2.04. The second kappa shape index (κ2) is 2.61. The molecule has 5 heteroatoms. The Morgan fingerprint density at radius 3 is 2.82 bits per heavy atom. The van der Waals surface area contributed by atoms with Crippen molar-refractivity contribution in [1.82, 2.24) is 9.55 Å². The number of nitrogens with zero attached hydrogens (tertiary/aromatic N) is 2. The number of hydrogen-bond donors (Lipinski definition) is 2. The predicted molar refractivity (Wildman–Crippen MR) is 39.6 cm³/mol. The van der Waals surface area contributed by atoms with Crippen molar-refractivity contribution in [2.24, 2.45) is 7.05 Å². The van der Waals surface area contributed by atoms with Gasteiger partial charge in [-0.15, -0.1) is 0 Å². The first-order valence-corrected chi connectivity index (χ1v) is 3.09. The van der Waals surface area contributed by atoms with Crippen LogP contribution in [0.25, 0.3) is 0 Å². The predicted octanol–water partition coefficient (Wildman–Crippen LogP) is 0.818. The molecule has 1 aromatic heterocycles. The molecule has 0 fully saturated rings. The SMILES string of the molecule is Cc1nc(NC(=O)O)cn1C. The Labute approximate surface area is 63.7 Å². The number of carboxylic acid groups (broad SMARTS) is 1. The van der Waals surface area contributed by atoms with E-state index >= 15 is 0 Å². The third-order valence-corrected chi connectivity index (χ3v) is 1.34. The molecule has 0 spiro atoms. The fourth-order valence-corrected chi connectivity index (χ4v) is 0.729.